The Hall–Kier alpha value is -1.03. The molecule has 2 N–H and O–H groups in total. The van der Waals surface area contributed by atoms with Crippen LogP contribution in [0.15, 0.2) is 24.3 Å². The van der Waals surface area contributed by atoms with Crippen molar-refractivity contribution < 1.29 is 13.2 Å². The summed E-state index contributed by atoms with van der Waals surface area (Å²) < 4.78 is 36.7. The second-order valence-electron chi connectivity index (χ2n) is 4.77. The summed E-state index contributed by atoms with van der Waals surface area (Å²) in [7, 11) is 0. The van der Waals surface area contributed by atoms with Gasteiger partial charge in [-0.15, -0.1) is 0 Å². The maximum Gasteiger partial charge on any atom is 0.390 e. The topological polar surface area (TPSA) is 26.0 Å². The third kappa shape index (κ3) is 5.22. The normalized spacial score (nSPS) is 14.1. The fourth-order valence-electron chi connectivity index (χ4n) is 1.79. The van der Waals surface area contributed by atoms with Gasteiger partial charge in [0.1, 0.15) is 0 Å². The van der Waals surface area contributed by atoms with E-state index >= 15 is 0 Å². The highest BCUT2D eigenvalue weighted by atomic mass is 19.4. The van der Waals surface area contributed by atoms with E-state index in [0.29, 0.717) is 11.5 Å². The molecular formula is C13H18F3N. The molecule has 1 atom stereocenters. The third-order valence-corrected chi connectivity index (χ3v) is 2.47. The number of benzene rings is 1. The van der Waals surface area contributed by atoms with Crippen LogP contribution in [0.1, 0.15) is 37.4 Å². The molecule has 1 rings (SSSR count). The first-order chi connectivity index (χ1) is 7.78. The lowest BCUT2D eigenvalue weighted by atomic mass is 9.97. The number of rotatable bonds is 4. The van der Waals surface area contributed by atoms with Crippen molar-refractivity contribution in [3.05, 3.63) is 35.4 Å². The first-order valence-corrected chi connectivity index (χ1v) is 5.69. The molecule has 1 nitrogen and oxygen atoms in total. The molecule has 0 heterocycles. The van der Waals surface area contributed by atoms with E-state index in [1.54, 1.807) is 18.2 Å². The van der Waals surface area contributed by atoms with Crippen LogP contribution in [0.2, 0.25) is 0 Å². The zero-order valence-electron chi connectivity index (χ0n) is 10.1. The summed E-state index contributed by atoms with van der Waals surface area (Å²) in [4.78, 5) is 0. The molecule has 1 unspecified atom stereocenters. The maximum atomic E-state index is 12.2. The third-order valence-electron chi connectivity index (χ3n) is 2.47. The van der Waals surface area contributed by atoms with Crippen molar-refractivity contribution in [1.29, 1.82) is 0 Å². The molecule has 0 amide bonds. The van der Waals surface area contributed by atoms with Gasteiger partial charge in [-0.05, 0) is 23.5 Å². The van der Waals surface area contributed by atoms with Crippen LogP contribution < -0.4 is 5.73 Å². The number of hydrogen-bond acceptors (Lipinski definition) is 1. The van der Waals surface area contributed by atoms with E-state index in [1.165, 1.54) is 0 Å². The molecule has 0 radical (unpaired) electrons. The van der Waals surface area contributed by atoms with Crippen molar-refractivity contribution in [3.63, 3.8) is 0 Å². The van der Waals surface area contributed by atoms with Gasteiger partial charge < -0.3 is 5.73 Å². The smallest absolute Gasteiger partial charge is 0.324 e. The first-order valence-electron chi connectivity index (χ1n) is 5.69. The Morgan fingerprint density at radius 1 is 1.24 bits per heavy atom. The number of alkyl halides is 3. The molecule has 0 aliphatic rings. The van der Waals surface area contributed by atoms with Crippen molar-refractivity contribution in [2.24, 2.45) is 11.7 Å². The van der Waals surface area contributed by atoms with Crippen LogP contribution in [-0.2, 0) is 6.42 Å². The molecular weight excluding hydrogens is 227 g/mol. The number of nitrogens with two attached hydrogens (primary N) is 1. The van der Waals surface area contributed by atoms with Crippen molar-refractivity contribution in [2.75, 3.05) is 0 Å². The number of halogens is 3. The molecule has 0 fully saturated rings. The van der Waals surface area contributed by atoms with Crippen LogP contribution >= 0.6 is 0 Å². The van der Waals surface area contributed by atoms with Crippen LogP contribution in [0, 0.1) is 5.92 Å². The minimum Gasteiger partial charge on any atom is -0.324 e. The molecule has 0 spiro atoms. The zero-order valence-corrected chi connectivity index (χ0v) is 10.1. The van der Waals surface area contributed by atoms with Gasteiger partial charge >= 0.3 is 6.18 Å². The van der Waals surface area contributed by atoms with Gasteiger partial charge in [-0.1, -0.05) is 38.1 Å². The Labute approximate surface area is 99.8 Å². The van der Waals surface area contributed by atoms with E-state index in [0.717, 1.165) is 12.0 Å². The quantitative estimate of drug-likeness (QED) is 0.857. The summed E-state index contributed by atoms with van der Waals surface area (Å²) in [6, 6.07) is 6.14. The van der Waals surface area contributed by atoms with Gasteiger partial charge in [0.15, 0.2) is 0 Å². The standard InChI is InChI=1S/C13H18F3N/c1-9(2)6-10-4-3-5-11(7-10)12(17)8-13(14,15)16/h3-5,7,9,12H,6,8,17H2,1-2H3. The zero-order chi connectivity index (χ0) is 13.1. The molecule has 0 aliphatic heterocycles. The summed E-state index contributed by atoms with van der Waals surface area (Å²) in [6.07, 6.45) is -4.34. The Kier molecular flexibility index (Phi) is 4.57. The largest absolute Gasteiger partial charge is 0.390 e. The highest BCUT2D eigenvalue weighted by Gasteiger charge is 2.30. The maximum absolute atomic E-state index is 12.2. The monoisotopic (exact) mass is 245 g/mol. The Bertz CT molecular complexity index is 358. The van der Waals surface area contributed by atoms with Gasteiger partial charge in [0.25, 0.3) is 0 Å². The summed E-state index contributed by atoms with van der Waals surface area (Å²) in [6.45, 7) is 4.14. The molecule has 0 aromatic heterocycles. The highest BCUT2D eigenvalue weighted by Crippen LogP contribution is 2.28. The number of hydrogen-bond donors (Lipinski definition) is 1. The molecule has 0 saturated heterocycles. The van der Waals surface area contributed by atoms with Crippen molar-refractivity contribution in [1.82, 2.24) is 0 Å². The van der Waals surface area contributed by atoms with Crippen molar-refractivity contribution in [3.8, 4) is 0 Å². The van der Waals surface area contributed by atoms with Gasteiger partial charge in [-0.2, -0.15) is 13.2 Å². The van der Waals surface area contributed by atoms with Gasteiger partial charge in [-0.3, -0.25) is 0 Å². The minimum absolute atomic E-state index is 0.476. The molecule has 0 saturated carbocycles. The fraction of sp³-hybridized carbons (Fsp3) is 0.538. The predicted octanol–water partition coefficient (Wildman–Crippen LogP) is 3.84. The Morgan fingerprint density at radius 2 is 1.88 bits per heavy atom. The lowest BCUT2D eigenvalue weighted by Gasteiger charge is -2.15. The van der Waals surface area contributed by atoms with Gasteiger partial charge in [-0.25, -0.2) is 0 Å². The molecule has 0 bridgehead atoms. The first kappa shape index (κ1) is 14.0. The second kappa shape index (κ2) is 5.54. The summed E-state index contributed by atoms with van der Waals surface area (Å²) in [5.74, 6) is 0.476. The average Bonchev–Trinajstić information content (AvgIpc) is 2.14. The SMILES string of the molecule is CC(C)Cc1cccc(C(N)CC(F)(F)F)c1. The summed E-state index contributed by atoms with van der Waals surface area (Å²) in [5.41, 5.74) is 7.15. The summed E-state index contributed by atoms with van der Waals surface area (Å²) in [5, 5.41) is 0. The van der Waals surface area contributed by atoms with Crippen LogP contribution in [0.4, 0.5) is 13.2 Å². The highest BCUT2D eigenvalue weighted by molar-refractivity contribution is 5.26. The van der Waals surface area contributed by atoms with Crippen molar-refractivity contribution >= 4 is 0 Å². The molecule has 1 aromatic rings. The van der Waals surface area contributed by atoms with E-state index in [1.807, 2.05) is 6.07 Å². The van der Waals surface area contributed by atoms with E-state index < -0.39 is 18.6 Å². The van der Waals surface area contributed by atoms with E-state index in [-0.39, 0.29) is 0 Å². The van der Waals surface area contributed by atoms with Crippen LogP contribution in [-0.4, -0.2) is 6.18 Å². The Balaban J connectivity index is 2.77. The van der Waals surface area contributed by atoms with Crippen LogP contribution in [0.5, 0.6) is 0 Å². The van der Waals surface area contributed by atoms with E-state index in [9.17, 15) is 13.2 Å². The van der Waals surface area contributed by atoms with Gasteiger partial charge in [0.2, 0.25) is 0 Å². The van der Waals surface area contributed by atoms with Crippen LogP contribution in [0.3, 0.4) is 0 Å². The van der Waals surface area contributed by atoms with Crippen LogP contribution in [0.25, 0.3) is 0 Å². The van der Waals surface area contributed by atoms with E-state index in [2.05, 4.69) is 13.8 Å². The lowest BCUT2D eigenvalue weighted by Crippen LogP contribution is -2.20. The average molecular weight is 245 g/mol. The minimum atomic E-state index is -4.21. The molecule has 17 heavy (non-hydrogen) atoms. The van der Waals surface area contributed by atoms with Gasteiger partial charge in [0.05, 0.1) is 6.42 Å². The summed E-state index contributed by atoms with van der Waals surface area (Å²) >= 11 is 0. The predicted molar refractivity (Wildman–Crippen MR) is 62.6 cm³/mol. The van der Waals surface area contributed by atoms with Gasteiger partial charge in [0, 0.05) is 6.04 Å². The molecule has 96 valence electrons. The lowest BCUT2D eigenvalue weighted by molar-refractivity contribution is -0.138. The molecule has 0 aliphatic carbocycles. The Morgan fingerprint density at radius 3 is 2.41 bits per heavy atom. The molecule has 1 aromatic carbocycles. The molecule has 4 heteroatoms. The van der Waals surface area contributed by atoms with Crippen molar-refractivity contribution in [2.45, 2.75) is 38.9 Å². The second-order valence-corrected chi connectivity index (χ2v) is 4.77. The fourth-order valence-corrected chi connectivity index (χ4v) is 1.79. The van der Waals surface area contributed by atoms with E-state index in [4.69, 9.17) is 5.73 Å².